The molecule has 1 aliphatic rings. The first kappa shape index (κ1) is 12.2. The summed E-state index contributed by atoms with van der Waals surface area (Å²) >= 11 is 0. The molecule has 0 radical (unpaired) electrons. The van der Waals surface area contributed by atoms with E-state index in [-0.39, 0.29) is 6.10 Å². The summed E-state index contributed by atoms with van der Waals surface area (Å²) in [5, 5.41) is 17.9. The number of anilines is 1. The van der Waals surface area contributed by atoms with Gasteiger partial charge in [-0.15, -0.1) is 10.2 Å². The normalized spacial score (nSPS) is 16.2. The second-order valence-corrected chi connectivity index (χ2v) is 4.88. The van der Waals surface area contributed by atoms with E-state index in [0.29, 0.717) is 0 Å². The summed E-state index contributed by atoms with van der Waals surface area (Å²) in [7, 11) is 0. The third-order valence-electron chi connectivity index (χ3n) is 3.67. The van der Waals surface area contributed by atoms with Crippen LogP contribution in [-0.2, 0) is 13.1 Å². The number of aromatic nitrogens is 3. The van der Waals surface area contributed by atoms with E-state index in [1.54, 1.807) is 6.33 Å². The van der Waals surface area contributed by atoms with E-state index in [4.69, 9.17) is 0 Å². The van der Waals surface area contributed by atoms with Crippen LogP contribution in [0.1, 0.15) is 30.8 Å². The van der Waals surface area contributed by atoms with Crippen molar-refractivity contribution in [2.45, 2.75) is 32.5 Å². The average Bonchev–Trinajstić information content (AvgIpc) is 2.94. The van der Waals surface area contributed by atoms with Gasteiger partial charge in [0.25, 0.3) is 0 Å². The maximum atomic E-state index is 9.80. The first-order valence-corrected chi connectivity index (χ1v) is 6.67. The second kappa shape index (κ2) is 5.01. The van der Waals surface area contributed by atoms with Crippen LogP contribution in [0.25, 0.3) is 0 Å². The molecule has 0 aliphatic carbocycles. The predicted molar refractivity (Wildman–Crippen MR) is 72.8 cm³/mol. The molecule has 0 saturated carbocycles. The maximum Gasteiger partial charge on any atom is 0.152 e. The molecule has 0 saturated heterocycles. The van der Waals surface area contributed by atoms with Crippen molar-refractivity contribution in [2.24, 2.45) is 0 Å². The molecule has 0 spiro atoms. The van der Waals surface area contributed by atoms with Crippen molar-refractivity contribution in [1.29, 1.82) is 0 Å². The first-order valence-electron chi connectivity index (χ1n) is 6.67. The van der Waals surface area contributed by atoms with Crippen molar-refractivity contribution in [1.82, 2.24) is 14.8 Å². The van der Waals surface area contributed by atoms with Gasteiger partial charge in [-0.2, -0.15) is 0 Å². The van der Waals surface area contributed by atoms with E-state index >= 15 is 0 Å². The highest BCUT2D eigenvalue weighted by molar-refractivity contribution is 5.48. The Kier molecular flexibility index (Phi) is 3.21. The van der Waals surface area contributed by atoms with Gasteiger partial charge in [-0.3, -0.25) is 0 Å². The van der Waals surface area contributed by atoms with Gasteiger partial charge in [0.05, 0.1) is 12.6 Å². The number of benzene rings is 1. The second-order valence-electron chi connectivity index (χ2n) is 4.88. The van der Waals surface area contributed by atoms with Gasteiger partial charge in [-0.05, 0) is 24.1 Å². The number of rotatable bonds is 3. The van der Waals surface area contributed by atoms with Crippen molar-refractivity contribution in [3.63, 3.8) is 0 Å². The number of hydrogen-bond acceptors (Lipinski definition) is 4. The van der Waals surface area contributed by atoms with Crippen LogP contribution in [0.5, 0.6) is 0 Å². The SMILES string of the molecule is CC[C@@H](O)c1ccc(N2CCn3cnnc3C2)cc1. The molecule has 100 valence electrons. The fourth-order valence-electron chi connectivity index (χ4n) is 2.43. The van der Waals surface area contributed by atoms with Crippen LogP contribution in [0, 0.1) is 0 Å². The third kappa shape index (κ3) is 2.33. The van der Waals surface area contributed by atoms with E-state index in [1.165, 1.54) is 5.69 Å². The zero-order valence-corrected chi connectivity index (χ0v) is 11.0. The van der Waals surface area contributed by atoms with Crippen LogP contribution in [-0.4, -0.2) is 26.4 Å². The van der Waals surface area contributed by atoms with Crippen molar-refractivity contribution < 1.29 is 5.11 Å². The standard InChI is InChI=1S/C14H18N4O/c1-2-13(19)11-3-5-12(6-4-11)17-7-8-18-10-15-16-14(18)9-17/h3-6,10,13,19H,2,7-9H2,1H3/t13-/m1/s1. The molecule has 2 aromatic rings. The lowest BCUT2D eigenvalue weighted by molar-refractivity contribution is 0.173. The van der Waals surface area contributed by atoms with Crippen molar-refractivity contribution in [2.75, 3.05) is 11.4 Å². The summed E-state index contributed by atoms with van der Waals surface area (Å²) in [5.74, 6) is 1.00. The number of fused-ring (bicyclic) bond motifs is 1. The molecule has 3 rings (SSSR count). The minimum atomic E-state index is -0.362. The van der Waals surface area contributed by atoms with Gasteiger partial charge in [-0.1, -0.05) is 19.1 Å². The van der Waals surface area contributed by atoms with E-state index in [0.717, 1.165) is 37.4 Å². The van der Waals surface area contributed by atoms with E-state index < -0.39 is 0 Å². The number of aliphatic hydroxyl groups excluding tert-OH is 1. The number of hydrogen-bond donors (Lipinski definition) is 1. The molecule has 0 bridgehead atoms. The molecule has 1 aliphatic heterocycles. The fourth-order valence-corrected chi connectivity index (χ4v) is 2.43. The highest BCUT2D eigenvalue weighted by Gasteiger charge is 2.17. The van der Waals surface area contributed by atoms with Gasteiger partial charge < -0.3 is 14.6 Å². The quantitative estimate of drug-likeness (QED) is 0.911. The first-order chi connectivity index (χ1) is 9.28. The van der Waals surface area contributed by atoms with Crippen LogP contribution in [0.3, 0.4) is 0 Å². The van der Waals surface area contributed by atoms with Gasteiger partial charge in [-0.25, -0.2) is 0 Å². The van der Waals surface area contributed by atoms with Crippen LogP contribution < -0.4 is 4.90 Å². The smallest absolute Gasteiger partial charge is 0.152 e. The monoisotopic (exact) mass is 258 g/mol. The van der Waals surface area contributed by atoms with Crippen LogP contribution in [0.4, 0.5) is 5.69 Å². The van der Waals surface area contributed by atoms with E-state index in [1.807, 2.05) is 19.1 Å². The number of nitrogens with zero attached hydrogens (tertiary/aromatic N) is 4. The van der Waals surface area contributed by atoms with E-state index in [9.17, 15) is 5.11 Å². The van der Waals surface area contributed by atoms with Crippen LogP contribution in [0.15, 0.2) is 30.6 Å². The highest BCUT2D eigenvalue weighted by atomic mass is 16.3. The van der Waals surface area contributed by atoms with Crippen molar-refractivity contribution in [3.8, 4) is 0 Å². The topological polar surface area (TPSA) is 54.2 Å². The van der Waals surface area contributed by atoms with Gasteiger partial charge >= 0.3 is 0 Å². The number of aliphatic hydroxyl groups is 1. The molecule has 1 atom stereocenters. The van der Waals surface area contributed by atoms with Crippen LogP contribution >= 0.6 is 0 Å². The molecular weight excluding hydrogens is 240 g/mol. The minimum Gasteiger partial charge on any atom is -0.388 e. The molecule has 1 aromatic heterocycles. The molecule has 0 fully saturated rings. The fraction of sp³-hybridized carbons (Fsp3) is 0.429. The lowest BCUT2D eigenvalue weighted by Crippen LogP contribution is -2.33. The summed E-state index contributed by atoms with van der Waals surface area (Å²) < 4.78 is 2.09. The third-order valence-corrected chi connectivity index (χ3v) is 3.67. The minimum absolute atomic E-state index is 0.362. The molecule has 1 aromatic carbocycles. The lowest BCUT2D eigenvalue weighted by Gasteiger charge is -2.29. The zero-order valence-electron chi connectivity index (χ0n) is 11.0. The van der Waals surface area contributed by atoms with Crippen molar-refractivity contribution >= 4 is 5.69 Å². The molecule has 2 heterocycles. The van der Waals surface area contributed by atoms with Crippen molar-refractivity contribution in [3.05, 3.63) is 42.0 Å². The Morgan fingerprint density at radius 3 is 2.79 bits per heavy atom. The Morgan fingerprint density at radius 1 is 1.26 bits per heavy atom. The zero-order chi connectivity index (χ0) is 13.2. The van der Waals surface area contributed by atoms with E-state index in [2.05, 4.69) is 31.8 Å². The summed E-state index contributed by atoms with van der Waals surface area (Å²) in [4.78, 5) is 2.28. The summed E-state index contributed by atoms with van der Waals surface area (Å²) in [6.07, 6.45) is 2.16. The molecular formula is C14H18N4O. The van der Waals surface area contributed by atoms with Gasteiger partial charge in [0, 0.05) is 18.8 Å². The molecule has 0 unspecified atom stereocenters. The summed E-state index contributed by atoms with van der Waals surface area (Å²) in [5.41, 5.74) is 2.15. The van der Waals surface area contributed by atoms with Crippen LogP contribution in [0.2, 0.25) is 0 Å². The Bertz CT molecular complexity index is 549. The van der Waals surface area contributed by atoms with Gasteiger partial charge in [0.15, 0.2) is 5.82 Å². The summed E-state index contributed by atoms with van der Waals surface area (Å²) in [6.45, 7) is 4.65. The Labute approximate surface area is 112 Å². The largest absolute Gasteiger partial charge is 0.388 e. The Hall–Kier alpha value is -1.88. The Balaban J connectivity index is 1.77. The maximum absolute atomic E-state index is 9.80. The van der Waals surface area contributed by atoms with Gasteiger partial charge in [0.1, 0.15) is 6.33 Å². The predicted octanol–water partition coefficient (Wildman–Crippen LogP) is 1.74. The van der Waals surface area contributed by atoms with Gasteiger partial charge in [0.2, 0.25) is 0 Å². The summed E-state index contributed by atoms with van der Waals surface area (Å²) in [6, 6.07) is 8.14. The average molecular weight is 258 g/mol. The highest BCUT2D eigenvalue weighted by Crippen LogP contribution is 2.23. The molecule has 5 heteroatoms. The molecule has 0 amide bonds. The molecule has 5 nitrogen and oxygen atoms in total. The molecule has 19 heavy (non-hydrogen) atoms. The lowest BCUT2D eigenvalue weighted by atomic mass is 10.1. The Morgan fingerprint density at radius 2 is 2.05 bits per heavy atom. The molecule has 1 N–H and O–H groups in total.